The number of hydrogen-bond acceptors (Lipinski definition) is 1. The molecule has 0 atom stereocenters. The van der Waals surface area contributed by atoms with Crippen molar-refractivity contribution in [2.24, 2.45) is 5.73 Å². The van der Waals surface area contributed by atoms with Gasteiger partial charge in [-0.2, -0.15) is 0 Å². The summed E-state index contributed by atoms with van der Waals surface area (Å²) >= 11 is 0. The zero-order valence-electron chi connectivity index (χ0n) is 4.65. The summed E-state index contributed by atoms with van der Waals surface area (Å²) in [7, 11) is 0. The molecule has 0 heterocycles. The number of rotatable bonds is 0. The maximum Gasteiger partial charge on any atom is 0.0134 e. The summed E-state index contributed by atoms with van der Waals surface area (Å²) in [4.78, 5) is 0. The first-order valence-corrected chi connectivity index (χ1v) is 2.12. The molecule has 1 nitrogen and oxygen atoms in total. The molecule has 0 radical (unpaired) electrons. The fraction of sp³-hybridized carbons (Fsp3) is 0.333. The second kappa shape index (κ2) is 3.30. The lowest BCUT2D eigenvalue weighted by molar-refractivity contribution is 1.32. The van der Waals surface area contributed by atoms with Crippen LogP contribution < -0.4 is 5.73 Å². The molecule has 0 aromatic carbocycles. The topological polar surface area (TPSA) is 26.0 Å². The Hall–Kier alpha value is -0.900. The van der Waals surface area contributed by atoms with E-state index in [-0.39, 0.29) is 0 Å². The predicted molar refractivity (Wildman–Crippen MR) is 31.4 cm³/mol. The highest BCUT2D eigenvalue weighted by atomic mass is 14.5. The van der Waals surface area contributed by atoms with Gasteiger partial charge in [-0.3, -0.25) is 0 Å². The lowest BCUT2D eigenvalue weighted by Crippen LogP contribution is -1.87. The van der Waals surface area contributed by atoms with Gasteiger partial charge in [-0.05, 0) is 13.8 Å². The highest BCUT2D eigenvalue weighted by molar-refractivity contribution is 5.16. The summed E-state index contributed by atoms with van der Waals surface area (Å²) in [6, 6.07) is 0. The molecule has 0 aromatic heterocycles. The van der Waals surface area contributed by atoms with Crippen LogP contribution in [0, 0.1) is 11.8 Å². The van der Waals surface area contributed by atoms with Gasteiger partial charge < -0.3 is 5.73 Å². The number of nitrogens with two attached hydrogens (primary N) is 1. The van der Waals surface area contributed by atoms with E-state index in [0.717, 1.165) is 5.70 Å². The molecule has 0 fully saturated rings. The van der Waals surface area contributed by atoms with Crippen LogP contribution in [0.2, 0.25) is 0 Å². The second-order valence-electron chi connectivity index (χ2n) is 1.28. The molecule has 0 spiro atoms. The molecule has 0 aliphatic carbocycles. The Morgan fingerprint density at radius 2 is 2.29 bits per heavy atom. The molecule has 0 saturated carbocycles. The minimum absolute atomic E-state index is 0.759. The van der Waals surface area contributed by atoms with Crippen LogP contribution in [0.4, 0.5) is 0 Å². The van der Waals surface area contributed by atoms with Gasteiger partial charge in [0.25, 0.3) is 0 Å². The molecule has 0 aromatic rings. The van der Waals surface area contributed by atoms with Gasteiger partial charge in [0.1, 0.15) is 0 Å². The molecule has 0 bridgehead atoms. The molecule has 0 aliphatic heterocycles. The van der Waals surface area contributed by atoms with Gasteiger partial charge in [-0.1, -0.05) is 5.92 Å². The lowest BCUT2D eigenvalue weighted by atomic mass is 10.4. The van der Waals surface area contributed by atoms with Gasteiger partial charge in [0.05, 0.1) is 0 Å². The van der Waals surface area contributed by atoms with Crippen molar-refractivity contribution in [1.29, 1.82) is 0 Å². The van der Waals surface area contributed by atoms with Crippen molar-refractivity contribution in [2.45, 2.75) is 13.8 Å². The van der Waals surface area contributed by atoms with Crippen LogP contribution in [-0.4, -0.2) is 0 Å². The first-order valence-electron chi connectivity index (χ1n) is 2.12. The Balaban J connectivity index is 3.61. The van der Waals surface area contributed by atoms with Crippen LogP contribution in [0.1, 0.15) is 13.8 Å². The molecule has 0 aliphatic rings. The van der Waals surface area contributed by atoms with E-state index in [1.54, 1.807) is 13.0 Å². The fourth-order valence-corrected chi connectivity index (χ4v) is 0.186. The average Bonchev–Trinajstić information content (AvgIpc) is 1.61. The van der Waals surface area contributed by atoms with Gasteiger partial charge >= 0.3 is 0 Å². The third kappa shape index (κ3) is 5.10. The Morgan fingerprint density at radius 3 is 2.43 bits per heavy atom. The van der Waals surface area contributed by atoms with E-state index in [4.69, 9.17) is 5.73 Å². The van der Waals surface area contributed by atoms with E-state index in [0.29, 0.717) is 0 Å². The Morgan fingerprint density at radius 1 is 1.71 bits per heavy atom. The Kier molecular flexibility index (Phi) is 2.87. The summed E-state index contributed by atoms with van der Waals surface area (Å²) in [5, 5.41) is 0. The highest BCUT2D eigenvalue weighted by Gasteiger charge is 1.64. The van der Waals surface area contributed by atoms with Gasteiger partial charge in [0, 0.05) is 11.8 Å². The molecular formula is C6H9N. The number of allylic oxidation sites excluding steroid dienone is 2. The molecule has 2 N–H and O–H groups in total. The van der Waals surface area contributed by atoms with Crippen LogP contribution >= 0.6 is 0 Å². The van der Waals surface area contributed by atoms with Crippen LogP contribution in [0.5, 0.6) is 0 Å². The predicted octanol–water partition coefficient (Wildman–Crippen LogP) is 0.872. The zero-order valence-corrected chi connectivity index (χ0v) is 4.65. The van der Waals surface area contributed by atoms with Crippen molar-refractivity contribution >= 4 is 0 Å². The minimum atomic E-state index is 0.759. The van der Waals surface area contributed by atoms with E-state index in [9.17, 15) is 0 Å². The largest absolute Gasteiger partial charge is 0.402 e. The summed E-state index contributed by atoms with van der Waals surface area (Å²) < 4.78 is 0. The molecular weight excluding hydrogens is 86.1 g/mol. The standard InChI is InChI=1S/C6H9N/c1-3-4-5-6(2)7/h5H,7H2,1-2H3/b6-5-. The normalized spacial score (nSPS) is 9.71. The molecule has 7 heavy (non-hydrogen) atoms. The van der Waals surface area contributed by atoms with Gasteiger partial charge in [0.15, 0.2) is 0 Å². The molecule has 38 valence electrons. The maximum atomic E-state index is 5.24. The minimum Gasteiger partial charge on any atom is -0.402 e. The fourth-order valence-electron chi connectivity index (χ4n) is 0.186. The van der Waals surface area contributed by atoms with E-state index in [1.165, 1.54) is 0 Å². The van der Waals surface area contributed by atoms with E-state index >= 15 is 0 Å². The van der Waals surface area contributed by atoms with Gasteiger partial charge in [-0.25, -0.2) is 0 Å². The zero-order chi connectivity index (χ0) is 5.70. The first-order chi connectivity index (χ1) is 3.27. The lowest BCUT2D eigenvalue weighted by Gasteiger charge is -1.77. The van der Waals surface area contributed by atoms with Crippen LogP contribution in [0.15, 0.2) is 11.8 Å². The summed E-state index contributed by atoms with van der Waals surface area (Å²) in [6.07, 6.45) is 1.68. The third-order valence-corrected chi connectivity index (χ3v) is 0.444. The molecule has 0 rings (SSSR count). The summed E-state index contributed by atoms with van der Waals surface area (Å²) in [5.74, 6) is 5.40. The quantitative estimate of drug-likeness (QED) is 0.444. The van der Waals surface area contributed by atoms with Gasteiger partial charge in [0.2, 0.25) is 0 Å². The summed E-state index contributed by atoms with van der Waals surface area (Å²) in [5.41, 5.74) is 6.00. The SMILES string of the molecule is CC#C/C=C(/C)N. The highest BCUT2D eigenvalue weighted by Crippen LogP contribution is 1.73. The van der Waals surface area contributed by atoms with Crippen molar-refractivity contribution in [3.8, 4) is 11.8 Å². The number of hydrogen-bond donors (Lipinski definition) is 1. The summed E-state index contributed by atoms with van der Waals surface area (Å²) in [6.45, 7) is 3.59. The average molecular weight is 95.1 g/mol. The monoisotopic (exact) mass is 95.1 g/mol. The van der Waals surface area contributed by atoms with Crippen molar-refractivity contribution in [3.63, 3.8) is 0 Å². The van der Waals surface area contributed by atoms with Crippen LogP contribution in [0.25, 0.3) is 0 Å². The molecule has 0 unspecified atom stereocenters. The van der Waals surface area contributed by atoms with E-state index in [2.05, 4.69) is 11.8 Å². The van der Waals surface area contributed by atoms with E-state index < -0.39 is 0 Å². The first kappa shape index (κ1) is 6.10. The van der Waals surface area contributed by atoms with Gasteiger partial charge in [-0.15, -0.1) is 5.92 Å². The Bertz CT molecular complexity index is 119. The van der Waals surface area contributed by atoms with Crippen LogP contribution in [0.3, 0.4) is 0 Å². The second-order valence-corrected chi connectivity index (χ2v) is 1.28. The molecule has 0 saturated heterocycles. The molecule has 1 heteroatoms. The van der Waals surface area contributed by atoms with Crippen molar-refractivity contribution in [2.75, 3.05) is 0 Å². The molecule has 0 amide bonds. The van der Waals surface area contributed by atoms with E-state index in [1.807, 2.05) is 6.92 Å². The smallest absolute Gasteiger partial charge is 0.0134 e. The van der Waals surface area contributed by atoms with Crippen molar-refractivity contribution in [3.05, 3.63) is 11.8 Å². The van der Waals surface area contributed by atoms with Crippen molar-refractivity contribution < 1.29 is 0 Å². The maximum absolute atomic E-state index is 5.24. The Labute approximate surface area is 44.2 Å². The third-order valence-electron chi connectivity index (χ3n) is 0.444. The van der Waals surface area contributed by atoms with Crippen molar-refractivity contribution in [1.82, 2.24) is 0 Å². The van der Waals surface area contributed by atoms with Crippen LogP contribution in [-0.2, 0) is 0 Å².